The van der Waals surface area contributed by atoms with Crippen LogP contribution in [0.15, 0.2) is 24.3 Å². The van der Waals surface area contributed by atoms with Crippen LogP contribution in [0.1, 0.15) is 19.5 Å². The Morgan fingerprint density at radius 3 is 2.67 bits per heavy atom. The minimum Gasteiger partial charge on any atom is -0.390 e. The minimum atomic E-state index is -0.698. The summed E-state index contributed by atoms with van der Waals surface area (Å²) in [6, 6.07) is 8.01. The van der Waals surface area contributed by atoms with Crippen LogP contribution in [0.5, 0.6) is 0 Å². The van der Waals surface area contributed by atoms with Gasteiger partial charge in [-0.25, -0.2) is 0 Å². The zero-order valence-electron chi connectivity index (χ0n) is 9.36. The summed E-state index contributed by atoms with van der Waals surface area (Å²) in [5.41, 5.74) is 1.37. The molecule has 80 valence electrons. The number of fused-ring (bicyclic) bond motifs is 1. The van der Waals surface area contributed by atoms with Crippen molar-refractivity contribution in [2.75, 3.05) is 0 Å². The van der Waals surface area contributed by atoms with E-state index in [9.17, 15) is 5.11 Å². The second-order valence-corrected chi connectivity index (χ2v) is 4.58. The van der Waals surface area contributed by atoms with Crippen molar-refractivity contribution in [3.8, 4) is 0 Å². The third-order valence-corrected chi connectivity index (χ3v) is 2.46. The van der Waals surface area contributed by atoms with Crippen molar-refractivity contribution < 1.29 is 5.11 Å². The van der Waals surface area contributed by atoms with Crippen molar-refractivity contribution in [1.82, 2.24) is 9.78 Å². The third kappa shape index (κ3) is 2.02. The topological polar surface area (TPSA) is 38.0 Å². The highest BCUT2D eigenvalue weighted by Crippen LogP contribution is 2.21. The molecule has 0 unspecified atom stereocenters. The fourth-order valence-electron chi connectivity index (χ4n) is 1.82. The van der Waals surface area contributed by atoms with E-state index < -0.39 is 5.60 Å². The zero-order chi connectivity index (χ0) is 11.1. The summed E-state index contributed by atoms with van der Waals surface area (Å²) < 4.78 is 1.85. The quantitative estimate of drug-likeness (QED) is 0.811. The third-order valence-electron chi connectivity index (χ3n) is 2.46. The molecule has 1 aromatic carbocycles. The number of aromatic nitrogens is 2. The van der Waals surface area contributed by atoms with E-state index in [1.54, 1.807) is 0 Å². The molecule has 2 rings (SSSR count). The maximum Gasteiger partial charge on any atom is 0.0926 e. The van der Waals surface area contributed by atoms with Gasteiger partial charge in [-0.15, -0.1) is 0 Å². The number of nitrogens with zero attached hydrogens (tertiary/aromatic N) is 2. The first-order chi connectivity index (χ1) is 6.97. The molecule has 0 radical (unpaired) electrons. The van der Waals surface area contributed by atoms with Crippen LogP contribution in [0, 0.1) is 0 Å². The second kappa shape index (κ2) is 3.35. The van der Waals surface area contributed by atoms with E-state index in [-0.39, 0.29) is 0 Å². The molecule has 0 saturated heterocycles. The fraction of sp³-hybridized carbons (Fsp3) is 0.417. The maximum absolute atomic E-state index is 9.83. The predicted octanol–water partition coefficient (Wildman–Crippen LogP) is 1.89. The smallest absolute Gasteiger partial charge is 0.0926 e. The van der Waals surface area contributed by atoms with E-state index in [4.69, 9.17) is 0 Å². The van der Waals surface area contributed by atoms with E-state index in [0.29, 0.717) is 6.42 Å². The Balaban J connectivity index is 2.54. The Hall–Kier alpha value is -1.35. The molecule has 0 amide bonds. The van der Waals surface area contributed by atoms with Gasteiger partial charge in [0.2, 0.25) is 0 Å². The maximum atomic E-state index is 9.83. The summed E-state index contributed by atoms with van der Waals surface area (Å²) in [6.45, 7) is 3.63. The lowest BCUT2D eigenvalue weighted by atomic mass is 10.0. The summed E-state index contributed by atoms with van der Waals surface area (Å²) in [5.74, 6) is 0. The lowest BCUT2D eigenvalue weighted by Gasteiger charge is -2.17. The Bertz CT molecular complexity index is 480. The van der Waals surface area contributed by atoms with E-state index >= 15 is 0 Å². The minimum absolute atomic E-state index is 0.615. The molecule has 0 aliphatic carbocycles. The summed E-state index contributed by atoms with van der Waals surface area (Å²) in [4.78, 5) is 0. The van der Waals surface area contributed by atoms with Gasteiger partial charge in [0.05, 0.1) is 11.1 Å². The molecule has 3 nitrogen and oxygen atoms in total. The van der Waals surface area contributed by atoms with Crippen molar-refractivity contribution >= 4 is 10.9 Å². The van der Waals surface area contributed by atoms with Gasteiger partial charge >= 0.3 is 0 Å². The summed E-state index contributed by atoms with van der Waals surface area (Å²) in [7, 11) is 1.92. The van der Waals surface area contributed by atoms with Crippen LogP contribution < -0.4 is 0 Å². The molecular weight excluding hydrogens is 188 g/mol. The monoisotopic (exact) mass is 204 g/mol. The summed E-state index contributed by atoms with van der Waals surface area (Å²) in [6.07, 6.45) is 0.615. The molecule has 3 heteroatoms. The molecule has 0 atom stereocenters. The van der Waals surface area contributed by atoms with Crippen molar-refractivity contribution in [3.05, 3.63) is 30.0 Å². The lowest BCUT2D eigenvalue weighted by Crippen LogP contribution is -2.23. The molecule has 0 spiro atoms. The van der Waals surface area contributed by atoms with E-state index in [2.05, 4.69) is 5.10 Å². The van der Waals surface area contributed by atoms with Gasteiger partial charge in [-0.05, 0) is 19.9 Å². The Morgan fingerprint density at radius 1 is 1.33 bits per heavy atom. The molecule has 1 aromatic heterocycles. The lowest BCUT2D eigenvalue weighted by molar-refractivity contribution is 0.0792. The number of benzene rings is 1. The fourth-order valence-corrected chi connectivity index (χ4v) is 1.82. The van der Waals surface area contributed by atoms with Crippen molar-refractivity contribution in [2.24, 2.45) is 7.05 Å². The molecule has 15 heavy (non-hydrogen) atoms. The molecule has 2 aromatic rings. The van der Waals surface area contributed by atoms with E-state index in [1.165, 1.54) is 0 Å². The Kier molecular flexibility index (Phi) is 2.27. The van der Waals surface area contributed by atoms with Gasteiger partial charge in [0, 0.05) is 24.5 Å². The van der Waals surface area contributed by atoms with Gasteiger partial charge < -0.3 is 5.11 Å². The van der Waals surface area contributed by atoms with Crippen LogP contribution in [-0.4, -0.2) is 20.5 Å². The number of rotatable bonds is 2. The Labute approximate surface area is 89.3 Å². The molecule has 1 N–H and O–H groups in total. The van der Waals surface area contributed by atoms with Crippen molar-refractivity contribution in [1.29, 1.82) is 0 Å². The standard InChI is InChI=1S/C12H16N2O/c1-12(2,15)8-11-9-6-4-5-7-10(9)13-14(11)3/h4-7,15H,8H2,1-3H3. The van der Waals surface area contributed by atoms with Crippen molar-refractivity contribution in [2.45, 2.75) is 25.9 Å². The molecule has 0 bridgehead atoms. The predicted molar refractivity (Wildman–Crippen MR) is 60.7 cm³/mol. The number of hydrogen-bond acceptors (Lipinski definition) is 2. The summed E-state index contributed by atoms with van der Waals surface area (Å²) in [5, 5.41) is 15.4. The average molecular weight is 204 g/mol. The highest BCUT2D eigenvalue weighted by Gasteiger charge is 2.18. The molecule has 0 saturated carbocycles. The van der Waals surface area contributed by atoms with Gasteiger partial charge in [-0.2, -0.15) is 5.10 Å². The molecule has 0 aliphatic heterocycles. The van der Waals surface area contributed by atoms with Gasteiger partial charge in [0.1, 0.15) is 0 Å². The molecule has 0 aliphatic rings. The van der Waals surface area contributed by atoms with Crippen LogP contribution in [0.25, 0.3) is 10.9 Å². The van der Waals surface area contributed by atoms with Gasteiger partial charge in [-0.1, -0.05) is 18.2 Å². The first kappa shape index (κ1) is 10.2. The van der Waals surface area contributed by atoms with Crippen LogP contribution in [0.3, 0.4) is 0 Å². The molecule has 1 heterocycles. The first-order valence-corrected chi connectivity index (χ1v) is 5.10. The van der Waals surface area contributed by atoms with Gasteiger partial charge in [-0.3, -0.25) is 4.68 Å². The van der Waals surface area contributed by atoms with Crippen LogP contribution in [0.4, 0.5) is 0 Å². The van der Waals surface area contributed by atoms with E-state index in [1.807, 2.05) is 49.8 Å². The summed E-state index contributed by atoms with van der Waals surface area (Å²) >= 11 is 0. The highest BCUT2D eigenvalue weighted by atomic mass is 16.3. The van der Waals surface area contributed by atoms with Crippen molar-refractivity contribution in [3.63, 3.8) is 0 Å². The number of aliphatic hydroxyl groups is 1. The first-order valence-electron chi connectivity index (χ1n) is 5.10. The SMILES string of the molecule is Cn1nc2ccccc2c1CC(C)(C)O. The molecular formula is C12H16N2O. The van der Waals surface area contributed by atoms with Crippen LogP contribution in [0.2, 0.25) is 0 Å². The normalized spacial score (nSPS) is 12.3. The van der Waals surface area contributed by atoms with Crippen LogP contribution in [-0.2, 0) is 13.5 Å². The highest BCUT2D eigenvalue weighted by molar-refractivity contribution is 5.81. The van der Waals surface area contributed by atoms with E-state index in [0.717, 1.165) is 16.6 Å². The largest absolute Gasteiger partial charge is 0.390 e. The van der Waals surface area contributed by atoms with Gasteiger partial charge in [0.15, 0.2) is 0 Å². The second-order valence-electron chi connectivity index (χ2n) is 4.58. The Morgan fingerprint density at radius 2 is 2.00 bits per heavy atom. The van der Waals surface area contributed by atoms with Gasteiger partial charge in [0.25, 0.3) is 0 Å². The molecule has 0 fully saturated rings. The number of aryl methyl sites for hydroxylation is 1. The zero-order valence-corrected chi connectivity index (χ0v) is 9.36. The van der Waals surface area contributed by atoms with Crippen LogP contribution >= 0.6 is 0 Å². The number of hydrogen-bond donors (Lipinski definition) is 1. The average Bonchev–Trinajstić information content (AvgIpc) is 2.41.